The van der Waals surface area contributed by atoms with Gasteiger partial charge in [0.2, 0.25) is 0 Å². The standard InChI is InChI=1S/C13H16N2S/c1-3-13-15-12(9-16-13)8-14-11-6-4-5-10(2)7-11/h4-7,9,14H,3,8H2,1-2H3. The first-order chi connectivity index (χ1) is 7.78. The average molecular weight is 232 g/mol. The van der Waals surface area contributed by atoms with Gasteiger partial charge < -0.3 is 5.32 Å². The van der Waals surface area contributed by atoms with Gasteiger partial charge in [-0.3, -0.25) is 0 Å². The molecule has 0 bridgehead atoms. The summed E-state index contributed by atoms with van der Waals surface area (Å²) in [5, 5.41) is 6.72. The molecule has 16 heavy (non-hydrogen) atoms. The average Bonchev–Trinajstić information content (AvgIpc) is 2.74. The van der Waals surface area contributed by atoms with E-state index in [0.29, 0.717) is 0 Å². The van der Waals surface area contributed by atoms with Crippen molar-refractivity contribution < 1.29 is 0 Å². The minimum absolute atomic E-state index is 0.806. The Balaban J connectivity index is 1.96. The number of thiazole rings is 1. The number of nitrogens with one attached hydrogen (secondary N) is 1. The summed E-state index contributed by atoms with van der Waals surface area (Å²) in [6.45, 7) is 5.04. The van der Waals surface area contributed by atoms with Crippen molar-refractivity contribution >= 4 is 17.0 Å². The van der Waals surface area contributed by atoms with Crippen LogP contribution in [-0.4, -0.2) is 4.98 Å². The Hall–Kier alpha value is -1.35. The van der Waals surface area contributed by atoms with Gasteiger partial charge in [0.25, 0.3) is 0 Å². The van der Waals surface area contributed by atoms with Gasteiger partial charge in [-0.2, -0.15) is 0 Å². The molecule has 0 aliphatic rings. The molecule has 1 heterocycles. The second-order valence-corrected chi connectivity index (χ2v) is 4.75. The number of aromatic nitrogens is 1. The predicted molar refractivity (Wildman–Crippen MR) is 70.0 cm³/mol. The smallest absolute Gasteiger partial charge is 0.0926 e. The molecule has 1 aromatic heterocycles. The Bertz CT molecular complexity index is 462. The molecule has 0 aliphatic heterocycles. The number of benzene rings is 1. The van der Waals surface area contributed by atoms with Gasteiger partial charge in [0.05, 0.1) is 17.2 Å². The zero-order valence-corrected chi connectivity index (χ0v) is 10.5. The SMILES string of the molecule is CCc1nc(CNc2cccc(C)c2)cs1. The first-order valence-corrected chi connectivity index (χ1v) is 6.39. The quantitative estimate of drug-likeness (QED) is 0.870. The van der Waals surface area contributed by atoms with E-state index < -0.39 is 0 Å². The molecule has 0 radical (unpaired) electrons. The first-order valence-electron chi connectivity index (χ1n) is 5.51. The van der Waals surface area contributed by atoms with Crippen molar-refractivity contribution in [2.24, 2.45) is 0 Å². The third-order valence-corrected chi connectivity index (χ3v) is 3.44. The van der Waals surface area contributed by atoms with Crippen molar-refractivity contribution in [1.29, 1.82) is 0 Å². The molecular formula is C13H16N2S. The van der Waals surface area contributed by atoms with Gasteiger partial charge in [-0.25, -0.2) is 4.98 Å². The van der Waals surface area contributed by atoms with E-state index in [1.165, 1.54) is 10.6 Å². The van der Waals surface area contributed by atoms with Crippen LogP contribution >= 0.6 is 11.3 Å². The fourth-order valence-corrected chi connectivity index (χ4v) is 2.28. The normalized spacial score (nSPS) is 10.4. The van der Waals surface area contributed by atoms with E-state index in [1.807, 2.05) is 0 Å². The van der Waals surface area contributed by atoms with Gasteiger partial charge in [0.1, 0.15) is 0 Å². The van der Waals surface area contributed by atoms with Crippen molar-refractivity contribution in [2.45, 2.75) is 26.8 Å². The fourth-order valence-electron chi connectivity index (χ4n) is 1.54. The summed E-state index contributed by atoms with van der Waals surface area (Å²) in [4.78, 5) is 4.52. The molecule has 0 amide bonds. The van der Waals surface area contributed by atoms with Crippen LogP contribution in [-0.2, 0) is 13.0 Å². The molecule has 1 N–H and O–H groups in total. The maximum absolute atomic E-state index is 4.52. The highest BCUT2D eigenvalue weighted by Gasteiger charge is 1.99. The minimum atomic E-state index is 0.806. The number of anilines is 1. The molecule has 0 atom stereocenters. The Morgan fingerprint density at radius 1 is 1.38 bits per heavy atom. The summed E-state index contributed by atoms with van der Waals surface area (Å²) < 4.78 is 0. The molecule has 0 spiro atoms. The van der Waals surface area contributed by atoms with E-state index in [2.05, 4.69) is 53.8 Å². The molecule has 2 rings (SSSR count). The molecule has 0 saturated heterocycles. The lowest BCUT2D eigenvalue weighted by Crippen LogP contribution is -1.99. The van der Waals surface area contributed by atoms with E-state index in [9.17, 15) is 0 Å². The zero-order chi connectivity index (χ0) is 11.4. The summed E-state index contributed by atoms with van der Waals surface area (Å²) in [6, 6.07) is 8.40. The lowest BCUT2D eigenvalue weighted by Gasteiger charge is -2.04. The highest BCUT2D eigenvalue weighted by molar-refractivity contribution is 7.09. The van der Waals surface area contributed by atoms with Crippen LogP contribution < -0.4 is 5.32 Å². The Morgan fingerprint density at radius 2 is 2.25 bits per heavy atom. The number of aryl methyl sites for hydroxylation is 2. The highest BCUT2D eigenvalue weighted by atomic mass is 32.1. The minimum Gasteiger partial charge on any atom is -0.379 e. The van der Waals surface area contributed by atoms with E-state index >= 15 is 0 Å². The summed E-state index contributed by atoms with van der Waals surface area (Å²) >= 11 is 1.74. The largest absolute Gasteiger partial charge is 0.379 e. The predicted octanol–water partition coefficient (Wildman–Crippen LogP) is 3.63. The summed E-state index contributed by atoms with van der Waals surface area (Å²) in [5.41, 5.74) is 3.56. The van der Waals surface area contributed by atoms with Crippen LogP contribution in [0.15, 0.2) is 29.6 Å². The molecule has 2 aromatic rings. The Morgan fingerprint density at radius 3 is 2.94 bits per heavy atom. The van der Waals surface area contributed by atoms with Gasteiger partial charge in [0.15, 0.2) is 0 Å². The maximum Gasteiger partial charge on any atom is 0.0926 e. The first kappa shape index (κ1) is 11.1. The number of hydrogen-bond donors (Lipinski definition) is 1. The molecule has 0 aliphatic carbocycles. The maximum atomic E-state index is 4.52. The molecule has 3 heteroatoms. The van der Waals surface area contributed by atoms with Crippen LogP contribution in [0.4, 0.5) is 5.69 Å². The lowest BCUT2D eigenvalue weighted by molar-refractivity contribution is 1.01. The molecule has 0 saturated carbocycles. The van der Waals surface area contributed by atoms with Crippen molar-refractivity contribution in [3.8, 4) is 0 Å². The summed E-state index contributed by atoms with van der Waals surface area (Å²) in [6.07, 6.45) is 1.02. The van der Waals surface area contributed by atoms with Gasteiger partial charge in [0, 0.05) is 11.1 Å². The van der Waals surface area contributed by atoms with Gasteiger partial charge in [-0.05, 0) is 31.0 Å². The lowest BCUT2D eigenvalue weighted by atomic mass is 10.2. The van der Waals surface area contributed by atoms with Crippen LogP contribution in [0.25, 0.3) is 0 Å². The fraction of sp³-hybridized carbons (Fsp3) is 0.308. The molecule has 84 valence electrons. The van der Waals surface area contributed by atoms with Crippen LogP contribution in [0.1, 0.15) is 23.2 Å². The number of nitrogens with zero attached hydrogens (tertiary/aromatic N) is 1. The van der Waals surface area contributed by atoms with Gasteiger partial charge in [-0.1, -0.05) is 19.1 Å². The molecule has 0 unspecified atom stereocenters. The third kappa shape index (κ3) is 2.83. The highest BCUT2D eigenvalue weighted by Crippen LogP contribution is 2.14. The summed E-state index contributed by atoms with van der Waals surface area (Å²) in [5.74, 6) is 0. The van der Waals surface area contributed by atoms with Crippen LogP contribution in [0.2, 0.25) is 0 Å². The second-order valence-electron chi connectivity index (χ2n) is 3.81. The van der Waals surface area contributed by atoms with Crippen molar-refractivity contribution in [3.63, 3.8) is 0 Å². The Kier molecular flexibility index (Phi) is 3.57. The van der Waals surface area contributed by atoms with Gasteiger partial charge >= 0.3 is 0 Å². The topological polar surface area (TPSA) is 24.9 Å². The number of rotatable bonds is 4. The van der Waals surface area contributed by atoms with Crippen molar-refractivity contribution in [3.05, 3.63) is 45.9 Å². The monoisotopic (exact) mass is 232 g/mol. The van der Waals surface area contributed by atoms with Crippen LogP contribution in [0, 0.1) is 6.92 Å². The van der Waals surface area contributed by atoms with E-state index in [-0.39, 0.29) is 0 Å². The Labute approximate surface area is 100 Å². The van der Waals surface area contributed by atoms with E-state index in [4.69, 9.17) is 0 Å². The molecule has 2 nitrogen and oxygen atoms in total. The molecular weight excluding hydrogens is 216 g/mol. The van der Waals surface area contributed by atoms with E-state index in [1.54, 1.807) is 11.3 Å². The van der Waals surface area contributed by atoms with Crippen molar-refractivity contribution in [1.82, 2.24) is 4.98 Å². The van der Waals surface area contributed by atoms with E-state index in [0.717, 1.165) is 24.3 Å². The van der Waals surface area contributed by atoms with Crippen LogP contribution in [0.3, 0.4) is 0 Å². The summed E-state index contributed by atoms with van der Waals surface area (Å²) in [7, 11) is 0. The number of hydrogen-bond acceptors (Lipinski definition) is 3. The van der Waals surface area contributed by atoms with Gasteiger partial charge in [-0.15, -0.1) is 11.3 Å². The third-order valence-electron chi connectivity index (χ3n) is 2.39. The molecule has 1 aromatic carbocycles. The van der Waals surface area contributed by atoms with Crippen LogP contribution in [0.5, 0.6) is 0 Å². The molecule has 0 fully saturated rings. The van der Waals surface area contributed by atoms with Crippen molar-refractivity contribution in [2.75, 3.05) is 5.32 Å². The zero-order valence-electron chi connectivity index (χ0n) is 9.66. The second kappa shape index (κ2) is 5.12.